The van der Waals surface area contributed by atoms with Gasteiger partial charge < -0.3 is 10.6 Å². The molecule has 0 bridgehead atoms. The molecule has 0 heterocycles. The van der Waals surface area contributed by atoms with Crippen molar-refractivity contribution in [3.63, 3.8) is 0 Å². The van der Waals surface area contributed by atoms with Crippen LogP contribution in [0.15, 0.2) is 35.5 Å². The average Bonchev–Trinajstić information content (AvgIpc) is 2.30. The van der Waals surface area contributed by atoms with Crippen molar-refractivity contribution in [2.45, 2.75) is 33.2 Å². The van der Waals surface area contributed by atoms with Gasteiger partial charge in [0.05, 0.1) is 6.54 Å². The molecule has 0 saturated carbocycles. The van der Waals surface area contributed by atoms with Crippen molar-refractivity contribution in [3.8, 4) is 0 Å². The summed E-state index contributed by atoms with van der Waals surface area (Å²) in [4.78, 5) is 11.6. The van der Waals surface area contributed by atoms with Crippen LogP contribution in [0, 0.1) is 0 Å². The Hall–Kier alpha value is -1.06. The first-order valence-electron chi connectivity index (χ1n) is 5.69. The Labute approximate surface area is 109 Å². The van der Waals surface area contributed by atoms with E-state index in [1.807, 2.05) is 6.92 Å². The zero-order valence-electron chi connectivity index (χ0n) is 10.7. The first-order valence-corrected chi connectivity index (χ1v) is 6.07. The molecule has 0 saturated heterocycles. The number of amides is 1. The van der Waals surface area contributed by atoms with Crippen LogP contribution in [0.1, 0.15) is 27.2 Å². The lowest BCUT2D eigenvalue weighted by molar-refractivity contribution is -0.119. The highest BCUT2D eigenvalue weighted by Gasteiger charge is 2.04. The fraction of sp³-hybridized carbons (Fsp3) is 0.462. The minimum atomic E-state index is -0.0860. The number of allylic oxidation sites excluding steroid dienone is 4. The van der Waals surface area contributed by atoms with Crippen LogP contribution in [0.3, 0.4) is 0 Å². The van der Waals surface area contributed by atoms with E-state index in [1.54, 1.807) is 25.2 Å². The standard InChI is InChI=1S/C13H21ClN2O/c1-5-11(4)15-9-13(17)16-12(6-2)8-7-10(3)14/h6-8,11,15H,2,5,9H2,1,3-4H3,(H,16,17)/b10-7+,12-8+. The first kappa shape index (κ1) is 15.9. The summed E-state index contributed by atoms with van der Waals surface area (Å²) in [5.74, 6) is -0.0860. The van der Waals surface area contributed by atoms with E-state index >= 15 is 0 Å². The molecule has 0 aliphatic carbocycles. The molecule has 0 fully saturated rings. The SMILES string of the molecule is C=C/C(=C\C=C(/C)Cl)NC(=O)CNC(C)CC. The van der Waals surface area contributed by atoms with Gasteiger partial charge in [-0.25, -0.2) is 0 Å². The molecule has 0 aliphatic rings. The molecule has 0 spiro atoms. The van der Waals surface area contributed by atoms with E-state index in [9.17, 15) is 4.79 Å². The molecule has 2 N–H and O–H groups in total. The first-order chi connectivity index (χ1) is 7.99. The fourth-order valence-electron chi connectivity index (χ4n) is 0.982. The maximum Gasteiger partial charge on any atom is 0.238 e. The maximum absolute atomic E-state index is 11.6. The Morgan fingerprint density at radius 1 is 1.47 bits per heavy atom. The summed E-state index contributed by atoms with van der Waals surface area (Å²) in [7, 11) is 0. The second-order valence-corrected chi connectivity index (χ2v) is 4.41. The predicted molar refractivity (Wildman–Crippen MR) is 73.8 cm³/mol. The molecule has 0 aromatic carbocycles. The van der Waals surface area contributed by atoms with Crippen molar-refractivity contribution in [3.05, 3.63) is 35.5 Å². The van der Waals surface area contributed by atoms with Gasteiger partial charge in [-0.2, -0.15) is 0 Å². The molecular formula is C13H21ClN2O. The minimum absolute atomic E-state index is 0.0860. The van der Waals surface area contributed by atoms with Gasteiger partial charge in [-0.3, -0.25) is 4.79 Å². The molecule has 17 heavy (non-hydrogen) atoms. The van der Waals surface area contributed by atoms with Gasteiger partial charge in [-0.15, -0.1) is 0 Å². The summed E-state index contributed by atoms with van der Waals surface area (Å²) < 4.78 is 0. The van der Waals surface area contributed by atoms with Crippen molar-refractivity contribution < 1.29 is 4.79 Å². The molecule has 0 aromatic rings. The molecule has 1 unspecified atom stereocenters. The zero-order chi connectivity index (χ0) is 13.3. The third-order valence-corrected chi connectivity index (χ3v) is 2.35. The predicted octanol–water partition coefficient (Wildman–Crippen LogP) is 2.70. The Kier molecular flexibility index (Phi) is 8.46. The number of halogens is 1. The molecule has 1 amide bonds. The van der Waals surface area contributed by atoms with Gasteiger partial charge in [0, 0.05) is 16.8 Å². The van der Waals surface area contributed by atoms with E-state index < -0.39 is 0 Å². The lowest BCUT2D eigenvalue weighted by atomic mass is 10.2. The Balaban J connectivity index is 4.21. The summed E-state index contributed by atoms with van der Waals surface area (Å²) in [6, 6.07) is 0.335. The normalized spacial score (nSPS) is 14.4. The molecule has 1 atom stereocenters. The number of rotatable bonds is 7. The lowest BCUT2D eigenvalue weighted by Crippen LogP contribution is -2.37. The number of carbonyl (C=O) groups is 1. The largest absolute Gasteiger partial charge is 0.325 e. The van der Waals surface area contributed by atoms with Gasteiger partial charge in [0.15, 0.2) is 0 Å². The maximum atomic E-state index is 11.6. The van der Waals surface area contributed by atoms with Crippen molar-refractivity contribution in [1.82, 2.24) is 10.6 Å². The molecule has 0 radical (unpaired) electrons. The van der Waals surface area contributed by atoms with Crippen LogP contribution in [0.2, 0.25) is 0 Å². The van der Waals surface area contributed by atoms with Gasteiger partial charge >= 0.3 is 0 Å². The second kappa shape index (κ2) is 9.02. The van der Waals surface area contributed by atoms with Crippen LogP contribution in [0.25, 0.3) is 0 Å². The van der Waals surface area contributed by atoms with Crippen LogP contribution >= 0.6 is 11.6 Å². The topological polar surface area (TPSA) is 41.1 Å². The molecule has 4 heteroatoms. The Morgan fingerprint density at radius 2 is 2.12 bits per heavy atom. The summed E-state index contributed by atoms with van der Waals surface area (Å²) in [5, 5.41) is 6.50. The molecule has 0 aromatic heterocycles. The van der Waals surface area contributed by atoms with Crippen LogP contribution in [0.4, 0.5) is 0 Å². The Morgan fingerprint density at radius 3 is 2.59 bits per heavy atom. The highest BCUT2D eigenvalue weighted by Crippen LogP contribution is 2.00. The number of hydrogen-bond donors (Lipinski definition) is 2. The number of nitrogens with one attached hydrogen (secondary N) is 2. The van der Waals surface area contributed by atoms with Crippen LogP contribution in [0.5, 0.6) is 0 Å². The van der Waals surface area contributed by atoms with Gasteiger partial charge in [0.25, 0.3) is 0 Å². The number of hydrogen-bond acceptors (Lipinski definition) is 2. The van der Waals surface area contributed by atoms with E-state index in [0.717, 1.165) is 6.42 Å². The third-order valence-electron chi connectivity index (χ3n) is 2.22. The van der Waals surface area contributed by atoms with Crippen molar-refractivity contribution in [2.75, 3.05) is 6.54 Å². The summed E-state index contributed by atoms with van der Waals surface area (Å²) >= 11 is 5.69. The zero-order valence-corrected chi connectivity index (χ0v) is 11.5. The van der Waals surface area contributed by atoms with Crippen LogP contribution < -0.4 is 10.6 Å². The van der Waals surface area contributed by atoms with E-state index in [0.29, 0.717) is 23.3 Å². The minimum Gasteiger partial charge on any atom is -0.325 e. The van der Waals surface area contributed by atoms with Crippen molar-refractivity contribution >= 4 is 17.5 Å². The van der Waals surface area contributed by atoms with Crippen molar-refractivity contribution in [1.29, 1.82) is 0 Å². The van der Waals surface area contributed by atoms with E-state index in [-0.39, 0.29) is 5.91 Å². The highest BCUT2D eigenvalue weighted by molar-refractivity contribution is 6.29. The Bertz CT molecular complexity index is 317. The lowest BCUT2D eigenvalue weighted by Gasteiger charge is -2.11. The average molecular weight is 257 g/mol. The van der Waals surface area contributed by atoms with Crippen LogP contribution in [-0.4, -0.2) is 18.5 Å². The third kappa shape index (κ3) is 8.72. The van der Waals surface area contributed by atoms with Gasteiger partial charge in [0.1, 0.15) is 0 Å². The summed E-state index contributed by atoms with van der Waals surface area (Å²) in [6.07, 6.45) is 6.00. The highest BCUT2D eigenvalue weighted by atomic mass is 35.5. The quantitative estimate of drug-likeness (QED) is 0.688. The molecule has 3 nitrogen and oxygen atoms in total. The molecule has 0 rings (SSSR count). The molecule has 0 aliphatic heterocycles. The van der Waals surface area contributed by atoms with E-state index in [1.165, 1.54) is 0 Å². The summed E-state index contributed by atoms with van der Waals surface area (Å²) in [5.41, 5.74) is 0.640. The van der Waals surface area contributed by atoms with Crippen molar-refractivity contribution in [2.24, 2.45) is 0 Å². The van der Waals surface area contributed by atoms with Gasteiger partial charge in [-0.05, 0) is 38.5 Å². The van der Waals surface area contributed by atoms with Gasteiger partial charge in [0.2, 0.25) is 5.91 Å². The number of carbonyl (C=O) groups excluding carboxylic acids is 1. The van der Waals surface area contributed by atoms with Gasteiger partial charge in [-0.1, -0.05) is 25.1 Å². The smallest absolute Gasteiger partial charge is 0.238 e. The fourth-order valence-corrected chi connectivity index (χ4v) is 1.04. The van der Waals surface area contributed by atoms with Crippen LogP contribution in [-0.2, 0) is 4.79 Å². The molecular weight excluding hydrogens is 236 g/mol. The monoisotopic (exact) mass is 256 g/mol. The van der Waals surface area contributed by atoms with E-state index in [4.69, 9.17) is 11.6 Å². The molecule has 96 valence electrons. The second-order valence-electron chi connectivity index (χ2n) is 3.82. The van der Waals surface area contributed by atoms with E-state index in [2.05, 4.69) is 24.1 Å². The summed E-state index contributed by atoms with van der Waals surface area (Å²) in [6.45, 7) is 9.80.